The van der Waals surface area contributed by atoms with Gasteiger partial charge in [0.2, 0.25) is 0 Å². The Balaban J connectivity index is 2.26. The van der Waals surface area contributed by atoms with E-state index in [1.807, 2.05) is 4.68 Å². The van der Waals surface area contributed by atoms with Crippen LogP contribution in [0.25, 0.3) is 0 Å². The summed E-state index contributed by atoms with van der Waals surface area (Å²) in [5, 5.41) is 4.95. The number of aromatic nitrogens is 2. The van der Waals surface area contributed by atoms with Crippen molar-refractivity contribution in [3.8, 4) is 0 Å². The summed E-state index contributed by atoms with van der Waals surface area (Å²) in [5.74, 6) is 0. The third-order valence-electron chi connectivity index (χ3n) is 3.72. The lowest BCUT2D eigenvalue weighted by Crippen LogP contribution is -2.44. The number of rotatable bonds is 4. The molecule has 0 bridgehead atoms. The first-order valence-corrected chi connectivity index (χ1v) is 7.07. The molecule has 0 spiro atoms. The molecular formula is C13H22ClN3O. The van der Waals surface area contributed by atoms with Crippen LogP contribution in [0.3, 0.4) is 0 Å². The lowest BCUT2D eigenvalue weighted by molar-refractivity contribution is -0.0835. The first-order valence-electron chi connectivity index (χ1n) is 6.69. The molecule has 0 amide bonds. The monoisotopic (exact) mass is 271 g/mol. The minimum Gasteiger partial charge on any atom is -0.373 e. The molecule has 2 heterocycles. The maximum atomic E-state index is 6.41. The maximum absolute atomic E-state index is 6.41. The molecule has 1 aliphatic heterocycles. The molecule has 102 valence electrons. The van der Waals surface area contributed by atoms with Crippen LogP contribution >= 0.6 is 11.6 Å². The third-order valence-corrected chi connectivity index (χ3v) is 4.01. The van der Waals surface area contributed by atoms with Crippen LogP contribution in [-0.4, -0.2) is 22.0 Å². The molecule has 1 aromatic heterocycles. The van der Waals surface area contributed by atoms with Gasteiger partial charge in [-0.05, 0) is 32.6 Å². The van der Waals surface area contributed by atoms with Gasteiger partial charge in [0.15, 0.2) is 0 Å². The van der Waals surface area contributed by atoms with Crippen molar-refractivity contribution in [3.05, 3.63) is 16.9 Å². The van der Waals surface area contributed by atoms with Crippen molar-refractivity contribution in [1.82, 2.24) is 9.78 Å². The molecule has 4 nitrogen and oxygen atoms in total. The van der Waals surface area contributed by atoms with Crippen molar-refractivity contribution in [2.75, 3.05) is 6.61 Å². The lowest BCUT2D eigenvalue weighted by atomic mass is 9.87. The van der Waals surface area contributed by atoms with Crippen molar-refractivity contribution in [2.24, 2.45) is 5.73 Å². The molecule has 2 atom stereocenters. The Kier molecular flexibility index (Phi) is 4.30. The SMILES string of the molecule is CCCn1ncc(Cl)c1C(N)C1(C)CCCCO1. The average molecular weight is 272 g/mol. The second-order valence-corrected chi connectivity index (χ2v) is 5.60. The standard InChI is InChI=1S/C13H22ClN3O/c1-3-7-17-11(10(14)9-16-17)12(15)13(2)6-4-5-8-18-13/h9,12H,3-8,15H2,1-2H3. The quantitative estimate of drug-likeness (QED) is 0.916. The summed E-state index contributed by atoms with van der Waals surface area (Å²) >= 11 is 6.24. The predicted molar refractivity (Wildman–Crippen MR) is 72.7 cm³/mol. The van der Waals surface area contributed by atoms with Gasteiger partial charge in [-0.2, -0.15) is 5.10 Å². The van der Waals surface area contributed by atoms with E-state index >= 15 is 0 Å². The maximum Gasteiger partial charge on any atom is 0.0862 e. The van der Waals surface area contributed by atoms with Crippen molar-refractivity contribution in [1.29, 1.82) is 0 Å². The highest BCUT2D eigenvalue weighted by molar-refractivity contribution is 6.31. The minimum atomic E-state index is -0.326. The summed E-state index contributed by atoms with van der Waals surface area (Å²) < 4.78 is 7.83. The van der Waals surface area contributed by atoms with E-state index < -0.39 is 0 Å². The molecule has 1 aliphatic rings. The number of hydrogen-bond donors (Lipinski definition) is 1. The number of aryl methyl sites for hydroxylation is 1. The van der Waals surface area contributed by atoms with Gasteiger partial charge in [-0.15, -0.1) is 0 Å². The van der Waals surface area contributed by atoms with Gasteiger partial charge in [0.05, 0.1) is 28.6 Å². The Morgan fingerprint density at radius 1 is 1.61 bits per heavy atom. The zero-order valence-corrected chi connectivity index (χ0v) is 11.9. The van der Waals surface area contributed by atoms with Crippen LogP contribution in [0, 0.1) is 0 Å². The van der Waals surface area contributed by atoms with Crippen LogP contribution in [0.15, 0.2) is 6.20 Å². The molecule has 2 N–H and O–H groups in total. The van der Waals surface area contributed by atoms with Crippen LogP contribution in [-0.2, 0) is 11.3 Å². The zero-order valence-electron chi connectivity index (χ0n) is 11.2. The first-order chi connectivity index (χ1) is 8.58. The Bertz CT molecular complexity index is 399. The fourth-order valence-electron chi connectivity index (χ4n) is 2.56. The van der Waals surface area contributed by atoms with Gasteiger partial charge in [-0.3, -0.25) is 4.68 Å². The summed E-state index contributed by atoms with van der Waals surface area (Å²) in [6.45, 7) is 5.82. The van der Waals surface area contributed by atoms with E-state index in [9.17, 15) is 0 Å². The van der Waals surface area contributed by atoms with Gasteiger partial charge >= 0.3 is 0 Å². The Hall–Kier alpha value is -0.580. The topological polar surface area (TPSA) is 53.1 Å². The van der Waals surface area contributed by atoms with Gasteiger partial charge in [-0.25, -0.2) is 0 Å². The molecule has 2 unspecified atom stereocenters. The number of halogens is 1. The number of nitrogens with two attached hydrogens (primary N) is 1. The van der Waals surface area contributed by atoms with Crippen LogP contribution in [0.4, 0.5) is 0 Å². The molecule has 1 fully saturated rings. The van der Waals surface area contributed by atoms with Gasteiger partial charge < -0.3 is 10.5 Å². The number of ether oxygens (including phenoxy) is 1. The van der Waals surface area contributed by atoms with Gasteiger partial charge in [0.25, 0.3) is 0 Å². The van der Waals surface area contributed by atoms with Crippen LogP contribution in [0.2, 0.25) is 5.02 Å². The van der Waals surface area contributed by atoms with Crippen LogP contribution in [0.1, 0.15) is 51.3 Å². The minimum absolute atomic E-state index is 0.223. The van der Waals surface area contributed by atoms with E-state index in [0.717, 1.165) is 44.5 Å². The summed E-state index contributed by atoms with van der Waals surface area (Å²) in [6.07, 6.45) is 5.93. The molecule has 0 aromatic carbocycles. The summed E-state index contributed by atoms with van der Waals surface area (Å²) in [7, 11) is 0. The predicted octanol–water partition coefficient (Wildman–Crippen LogP) is 2.91. The highest BCUT2D eigenvalue weighted by Gasteiger charge is 2.38. The molecule has 1 saturated heterocycles. The Morgan fingerprint density at radius 3 is 3.00 bits per heavy atom. The average Bonchev–Trinajstić information content (AvgIpc) is 2.71. The van der Waals surface area contributed by atoms with Crippen molar-refractivity contribution in [2.45, 2.75) is 57.7 Å². The summed E-state index contributed by atoms with van der Waals surface area (Å²) in [5.41, 5.74) is 6.99. The highest BCUT2D eigenvalue weighted by Crippen LogP contribution is 2.37. The fraction of sp³-hybridized carbons (Fsp3) is 0.769. The van der Waals surface area contributed by atoms with Crippen LogP contribution < -0.4 is 5.73 Å². The first kappa shape index (κ1) is 13.8. The summed E-state index contributed by atoms with van der Waals surface area (Å²) in [4.78, 5) is 0. The van der Waals surface area contributed by atoms with E-state index in [2.05, 4.69) is 18.9 Å². The van der Waals surface area contributed by atoms with Gasteiger partial charge in [0, 0.05) is 13.2 Å². The van der Waals surface area contributed by atoms with Gasteiger partial charge in [0.1, 0.15) is 0 Å². The second kappa shape index (κ2) is 5.59. The molecule has 5 heteroatoms. The molecule has 0 radical (unpaired) electrons. The Labute approximate surface area is 113 Å². The van der Waals surface area contributed by atoms with Crippen molar-refractivity contribution < 1.29 is 4.74 Å². The van der Waals surface area contributed by atoms with Crippen molar-refractivity contribution >= 4 is 11.6 Å². The normalized spacial score (nSPS) is 26.2. The van der Waals surface area contributed by atoms with E-state index in [0.29, 0.717) is 5.02 Å². The molecular weight excluding hydrogens is 250 g/mol. The lowest BCUT2D eigenvalue weighted by Gasteiger charge is -2.39. The molecule has 2 rings (SSSR count). The van der Waals surface area contributed by atoms with E-state index in [4.69, 9.17) is 22.1 Å². The third kappa shape index (κ3) is 2.56. The highest BCUT2D eigenvalue weighted by atomic mass is 35.5. The molecule has 18 heavy (non-hydrogen) atoms. The van der Waals surface area contributed by atoms with Crippen LogP contribution in [0.5, 0.6) is 0 Å². The molecule has 1 aromatic rings. The number of hydrogen-bond acceptors (Lipinski definition) is 3. The summed E-state index contributed by atoms with van der Waals surface area (Å²) in [6, 6.07) is -0.223. The van der Waals surface area contributed by atoms with Gasteiger partial charge in [-0.1, -0.05) is 18.5 Å². The number of nitrogens with zero attached hydrogens (tertiary/aromatic N) is 2. The van der Waals surface area contributed by atoms with E-state index in [1.165, 1.54) is 0 Å². The second-order valence-electron chi connectivity index (χ2n) is 5.20. The van der Waals surface area contributed by atoms with E-state index in [-0.39, 0.29) is 11.6 Å². The smallest absolute Gasteiger partial charge is 0.0862 e. The van der Waals surface area contributed by atoms with Crippen molar-refractivity contribution in [3.63, 3.8) is 0 Å². The molecule has 0 saturated carbocycles. The Morgan fingerprint density at radius 2 is 2.39 bits per heavy atom. The molecule has 0 aliphatic carbocycles. The fourth-order valence-corrected chi connectivity index (χ4v) is 2.82. The van der Waals surface area contributed by atoms with E-state index in [1.54, 1.807) is 6.20 Å². The zero-order chi connectivity index (χ0) is 13.2. The largest absolute Gasteiger partial charge is 0.373 e.